The van der Waals surface area contributed by atoms with E-state index in [9.17, 15) is 0 Å². The summed E-state index contributed by atoms with van der Waals surface area (Å²) >= 11 is 1.67. The third-order valence-electron chi connectivity index (χ3n) is 3.18. The van der Waals surface area contributed by atoms with Crippen LogP contribution >= 0.6 is 11.8 Å². The zero-order valence-electron chi connectivity index (χ0n) is 11.6. The van der Waals surface area contributed by atoms with Crippen LogP contribution < -0.4 is 0 Å². The summed E-state index contributed by atoms with van der Waals surface area (Å²) in [6.45, 7) is 0. The van der Waals surface area contributed by atoms with Gasteiger partial charge in [0.2, 0.25) is 5.89 Å². The van der Waals surface area contributed by atoms with E-state index in [0.717, 1.165) is 26.5 Å². The maximum absolute atomic E-state index is 5.80. The van der Waals surface area contributed by atoms with Gasteiger partial charge in [0.05, 0.1) is 0 Å². The van der Waals surface area contributed by atoms with Gasteiger partial charge in [0, 0.05) is 27.7 Å². The highest BCUT2D eigenvalue weighted by molar-refractivity contribution is 7.99. The van der Waals surface area contributed by atoms with E-state index in [-0.39, 0.29) is 0 Å². The first-order chi connectivity index (χ1) is 10.9. The molecule has 2 heterocycles. The Balaban J connectivity index is 1.69. The van der Waals surface area contributed by atoms with Gasteiger partial charge in [-0.25, -0.2) is 4.98 Å². The van der Waals surface area contributed by atoms with E-state index in [1.165, 1.54) is 0 Å². The Bertz CT molecular complexity index is 885. The fraction of sp³-hybridized carbons (Fsp3) is 0. The maximum atomic E-state index is 5.80. The summed E-state index contributed by atoms with van der Waals surface area (Å²) in [6, 6.07) is 20.9. The fourth-order valence-corrected chi connectivity index (χ4v) is 3.01. The zero-order valence-corrected chi connectivity index (χ0v) is 12.4. The van der Waals surface area contributed by atoms with Gasteiger partial charge in [-0.1, -0.05) is 30.0 Å². The number of hydrogen-bond acceptors (Lipinski definition) is 4. The SMILES string of the molecule is [c]1ccc(Sc2ccncc2)cc1-c1nc2ccccc2o1. The molecule has 2 aromatic heterocycles. The Hall–Kier alpha value is -2.59. The Kier molecular flexibility index (Phi) is 3.37. The molecule has 4 aromatic rings. The first-order valence-electron chi connectivity index (χ1n) is 6.84. The molecule has 0 atom stereocenters. The summed E-state index contributed by atoms with van der Waals surface area (Å²) in [7, 11) is 0. The van der Waals surface area contributed by atoms with Crippen LogP contribution in [0.5, 0.6) is 0 Å². The van der Waals surface area contributed by atoms with Crippen LogP contribution in [0.1, 0.15) is 0 Å². The van der Waals surface area contributed by atoms with E-state index in [4.69, 9.17) is 4.42 Å². The van der Waals surface area contributed by atoms with Gasteiger partial charge in [-0.3, -0.25) is 4.98 Å². The van der Waals surface area contributed by atoms with Crippen molar-refractivity contribution < 1.29 is 4.42 Å². The van der Waals surface area contributed by atoms with E-state index >= 15 is 0 Å². The first-order valence-corrected chi connectivity index (χ1v) is 7.66. The third kappa shape index (κ3) is 2.61. The van der Waals surface area contributed by atoms with Crippen molar-refractivity contribution in [2.24, 2.45) is 0 Å². The molecule has 0 aliphatic carbocycles. The number of benzene rings is 2. The first kappa shape index (κ1) is 13.1. The highest BCUT2D eigenvalue weighted by Crippen LogP contribution is 2.31. The Morgan fingerprint density at radius 1 is 0.955 bits per heavy atom. The predicted molar refractivity (Wildman–Crippen MR) is 86.6 cm³/mol. The molecule has 0 unspecified atom stereocenters. The van der Waals surface area contributed by atoms with Crippen LogP contribution in [0.2, 0.25) is 0 Å². The molecule has 0 bridgehead atoms. The van der Waals surface area contributed by atoms with Gasteiger partial charge in [0.25, 0.3) is 0 Å². The smallest absolute Gasteiger partial charge is 0.227 e. The lowest BCUT2D eigenvalue weighted by molar-refractivity contribution is 0.619. The lowest BCUT2D eigenvalue weighted by Crippen LogP contribution is -1.80. The number of nitrogens with zero attached hydrogens (tertiary/aromatic N) is 2. The molecule has 4 heteroatoms. The molecule has 0 N–H and O–H groups in total. The number of fused-ring (bicyclic) bond motifs is 1. The topological polar surface area (TPSA) is 38.9 Å². The molecule has 0 saturated heterocycles. The third-order valence-corrected chi connectivity index (χ3v) is 4.18. The number of rotatable bonds is 3. The zero-order chi connectivity index (χ0) is 14.8. The van der Waals surface area contributed by atoms with E-state index < -0.39 is 0 Å². The van der Waals surface area contributed by atoms with Gasteiger partial charge in [0.15, 0.2) is 5.58 Å². The van der Waals surface area contributed by atoms with Crippen molar-refractivity contribution >= 4 is 22.9 Å². The van der Waals surface area contributed by atoms with Gasteiger partial charge in [-0.15, -0.1) is 0 Å². The van der Waals surface area contributed by atoms with Gasteiger partial charge in [-0.2, -0.15) is 0 Å². The van der Waals surface area contributed by atoms with Crippen LogP contribution in [0.4, 0.5) is 0 Å². The fourth-order valence-electron chi connectivity index (χ4n) is 2.16. The van der Waals surface area contributed by atoms with Gasteiger partial charge >= 0.3 is 0 Å². The number of hydrogen-bond donors (Lipinski definition) is 0. The largest absolute Gasteiger partial charge is 0.436 e. The minimum absolute atomic E-state index is 0.596. The number of para-hydroxylation sites is 2. The van der Waals surface area contributed by atoms with Crippen molar-refractivity contribution in [2.45, 2.75) is 9.79 Å². The van der Waals surface area contributed by atoms with Crippen molar-refractivity contribution in [3.8, 4) is 11.5 Å². The second-order valence-corrected chi connectivity index (χ2v) is 5.86. The van der Waals surface area contributed by atoms with Crippen LogP contribution in [0.25, 0.3) is 22.6 Å². The summed E-state index contributed by atoms with van der Waals surface area (Å²) in [4.78, 5) is 10.8. The van der Waals surface area contributed by atoms with Crippen molar-refractivity contribution in [3.63, 3.8) is 0 Å². The molecule has 0 spiro atoms. The monoisotopic (exact) mass is 303 g/mol. The molecule has 105 valence electrons. The van der Waals surface area contributed by atoms with Gasteiger partial charge < -0.3 is 4.42 Å². The highest BCUT2D eigenvalue weighted by atomic mass is 32.2. The van der Waals surface area contributed by atoms with Gasteiger partial charge in [0.1, 0.15) is 5.52 Å². The Morgan fingerprint density at radius 2 is 1.82 bits per heavy atom. The molecule has 4 rings (SSSR count). The normalized spacial score (nSPS) is 10.9. The van der Waals surface area contributed by atoms with E-state index in [2.05, 4.69) is 16.0 Å². The molecule has 3 nitrogen and oxygen atoms in total. The minimum Gasteiger partial charge on any atom is -0.436 e. The Labute approximate surface area is 132 Å². The predicted octanol–water partition coefficient (Wildman–Crippen LogP) is 4.84. The van der Waals surface area contributed by atoms with Crippen molar-refractivity contribution in [1.82, 2.24) is 9.97 Å². The van der Waals surface area contributed by atoms with Crippen LogP contribution in [0.15, 0.2) is 81.2 Å². The van der Waals surface area contributed by atoms with Crippen LogP contribution in [0, 0.1) is 6.07 Å². The standard InChI is InChI=1S/C18H11N2OS/c1-2-7-17-16(6-1)20-18(21-17)13-4-3-5-15(12-13)22-14-8-10-19-11-9-14/h1-3,5-12H. The maximum Gasteiger partial charge on any atom is 0.227 e. The summed E-state index contributed by atoms with van der Waals surface area (Å²) in [5.41, 5.74) is 2.51. The highest BCUT2D eigenvalue weighted by Gasteiger charge is 2.09. The lowest BCUT2D eigenvalue weighted by atomic mass is 10.2. The Morgan fingerprint density at radius 3 is 2.68 bits per heavy atom. The quantitative estimate of drug-likeness (QED) is 0.543. The number of oxazole rings is 1. The molecule has 2 aromatic carbocycles. The molecule has 22 heavy (non-hydrogen) atoms. The van der Waals surface area contributed by atoms with E-state index in [1.807, 2.05) is 54.6 Å². The molecule has 0 aliphatic heterocycles. The molecule has 0 saturated carbocycles. The van der Waals surface area contributed by atoms with E-state index in [1.54, 1.807) is 24.2 Å². The second-order valence-electron chi connectivity index (χ2n) is 4.71. The molecular weight excluding hydrogens is 292 g/mol. The van der Waals surface area contributed by atoms with E-state index in [0.29, 0.717) is 5.89 Å². The molecule has 0 fully saturated rings. The molecule has 0 aliphatic rings. The van der Waals surface area contributed by atoms with Crippen molar-refractivity contribution in [3.05, 3.63) is 73.1 Å². The molecular formula is C18H11N2OS. The van der Waals surface area contributed by atoms with Crippen molar-refractivity contribution in [1.29, 1.82) is 0 Å². The van der Waals surface area contributed by atoms with Crippen LogP contribution in [-0.2, 0) is 0 Å². The summed E-state index contributed by atoms with van der Waals surface area (Å²) in [5, 5.41) is 0. The average Bonchev–Trinajstić information content (AvgIpc) is 3.00. The number of aromatic nitrogens is 2. The second kappa shape index (κ2) is 5.66. The van der Waals surface area contributed by atoms with Crippen LogP contribution in [0.3, 0.4) is 0 Å². The minimum atomic E-state index is 0.596. The molecule has 1 radical (unpaired) electrons. The van der Waals surface area contributed by atoms with Crippen molar-refractivity contribution in [2.75, 3.05) is 0 Å². The summed E-state index contributed by atoms with van der Waals surface area (Å²) < 4.78 is 5.80. The number of pyridine rings is 1. The van der Waals surface area contributed by atoms with Crippen LogP contribution in [-0.4, -0.2) is 9.97 Å². The lowest BCUT2D eigenvalue weighted by Gasteiger charge is -2.02. The van der Waals surface area contributed by atoms with Gasteiger partial charge in [-0.05, 0) is 42.5 Å². The molecule has 0 amide bonds. The summed E-state index contributed by atoms with van der Waals surface area (Å²) in [6.07, 6.45) is 3.58. The summed E-state index contributed by atoms with van der Waals surface area (Å²) in [5.74, 6) is 0.596. The average molecular weight is 303 g/mol.